The lowest BCUT2D eigenvalue weighted by Crippen LogP contribution is -2.48. The van der Waals surface area contributed by atoms with Gasteiger partial charge in [0.1, 0.15) is 6.26 Å². The highest BCUT2D eigenvalue weighted by atomic mass is 32.1. The molecule has 1 N–H and O–H groups in total. The van der Waals surface area contributed by atoms with Crippen LogP contribution in [0.1, 0.15) is 10.6 Å². The van der Waals surface area contributed by atoms with Crippen LogP contribution >= 0.6 is 11.3 Å². The Morgan fingerprint density at radius 1 is 1.26 bits per heavy atom. The number of hydrogen-bond donors (Lipinski definition) is 1. The maximum Gasteiger partial charge on any atom is 0.124 e. The van der Waals surface area contributed by atoms with Crippen molar-refractivity contribution in [2.75, 3.05) is 39.3 Å². The number of hydrogen-bond acceptors (Lipinski definition) is 7. The van der Waals surface area contributed by atoms with Crippen molar-refractivity contribution in [2.45, 2.75) is 19.3 Å². The first kappa shape index (κ1) is 16.6. The summed E-state index contributed by atoms with van der Waals surface area (Å²) in [6.07, 6.45) is 1.18. The fourth-order valence-electron chi connectivity index (χ4n) is 2.72. The van der Waals surface area contributed by atoms with Crippen molar-refractivity contribution in [1.29, 1.82) is 0 Å². The molecular formula is C16H23N3O3S. The predicted octanol–water partition coefficient (Wildman–Crippen LogP) is 1.43. The molecule has 126 valence electrons. The van der Waals surface area contributed by atoms with Crippen molar-refractivity contribution in [2.24, 2.45) is 0 Å². The lowest BCUT2D eigenvalue weighted by atomic mass is 10.2. The Balaban J connectivity index is 1.30. The zero-order chi connectivity index (χ0) is 15.9. The topological polar surface area (TPSA) is 62.0 Å². The molecule has 0 spiro atoms. The molecule has 0 radical (unpaired) electrons. The fourth-order valence-corrected chi connectivity index (χ4v) is 3.36. The van der Waals surface area contributed by atoms with Crippen LogP contribution in [-0.4, -0.2) is 65.5 Å². The molecule has 3 heterocycles. The van der Waals surface area contributed by atoms with Gasteiger partial charge in [-0.15, -0.1) is 11.3 Å². The van der Waals surface area contributed by atoms with E-state index in [0.29, 0.717) is 19.8 Å². The van der Waals surface area contributed by atoms with E-state index in [1.54, 1.807) is 17.6 Å². The molecule has 7 heteroatoms. The van der Waals surface area contributed by atoms with Gasteiger partial charge in [0, 0.05) is 50.2 Å². The summed E-state index contributed by atoms with van der Waals surface area (Å²) in [6.45, 7) is 6.35. The zero-order valence-electron chi connectivity index (χ0n) is 13.1. The summed E-state index contributed by atoms with van der Waals surface area (Å²) < 4.78 is 10.4. The normalized spacial score (nSPS) is 18.3. The second-order valence-electron chi connectivity index (χ2n) is 5.82. The molecule has 1 aliphatic rings. The molecule has 2 aromatic heterocycles. The van der Waals surface area contributed by atoms with Crippen LogP contribution in [0.5, 0.6) is 0 Å². The maximum absolute atomic E-state index is 10.1. The first-order chi connectivity index (χ1) is 11.3. The Morgan fingerprint density at radius 2 is 2.09 bits per heavy atom. The third kappa shape index (κ3) is 5.40. The summed E-state index contributed by atoms with van der Waals surface area (Å²) in [5.74, 6) is 0. The Bertz CT molecular complexity index is 539. The summed E-state index contributed by atoms with van der Waals surface area (Å²) in [5, 5.41) is 16.1. The lowest BCUT2D eigenvalue weighted by molar-refractivity contribution is 0.00140. The van der Waals surface area contributed by atoms with Crippen molar-refractivity contribution < 1.29 is 14.4 Å². The molecule has 0 aromatic carbocycles. The standard InChI is InChI=1S/C16H23N3O3S/c20-15(12-21-13-16-2-1-9-23-16)11-19-6-4-18(5-7-19)10-14-3-8-22-17-14/h1-3,8-9,15,20H,4-7,10-13H2. The van der Waals surface area contributed by atoms with Crippen LogP contribution in [0.3, 0.4) is 0 Å². The molecule has 23 heavy (non-hydrogen) atoms. The lowest BCUT2D eigenvalue weighted by Gasteiger charge is -2.35. The van der Waals surface area contributed by atoms with E-state index in [0.717, 1.165) is 38.4 Å². The van der Waals surface area contributed by atoms with Crippen molar-refractivity contribution in [3.05, 3.63) is 40.4 Å². The minimum atomic E-state index is -0.433. The van der Waals surface area contributed by atoms with E-state index < -0.39 is 6.10 Å². The fraction of sp³-hybridized carbons (Fsp3) is 0.562. The second-order valence-corrected chi connectivity index (χ2v) is 6.85. The Kier molecular flexibility index (Phi) is 6.18. The number of aromatic nitrogens is 1. The van der Waals surface area contributed by atoms with Crippen LogP contribution in [0.4, 0.5) is 0 Å². The van der Waals surface area contributed by atoms with Gasteiger partial charge < -0.3 is 14.4 Å². The Labute approximate surface area is 140 Å². The Morgan fingerprint density at radius 3 is 2.78 bits per heavy atom. The van der Waals surface area contributed by atoms with Crippen LogP contribution in [-0.2, 0) is 17.9 Å². The van der Waals surface area contributed by atoms with E-state index in [-0.39, 0.29) is 0 Å². The zero-order valence-corrected chi connectivity index (χ0v) is 14.0. The van der Waals surface area contributed by atoms with Gasteiger partial charge in [-0.1, -0.05) is 11.2 Å². The number of aliphatic hydroxyl groups excluding tert-OH is 1. The molecule has 0 amide bonds. The van der Waals surface area contributed by atoms with Gasteiger partial charge in [-0.2, -0.15) is 0 Å². The van der Waals surface area contributed by atoms with Gasteiger partial charge in [-0.25, -0.2) is 0 Å². The van der Waals surface area contributed by atoms with Crippen LogP contribution in [0, 0.1) is 0 Å². The van der Waals surface area contributed by atoms with Crippen molar-refractivity contribution in [1.82, 2.24) is 15.0 Å². The molecular weight excluding hydrogens is 314 g/mol. The first-order valence-corrected chi connectivity index (χ1v) is 8.80. The van der Waals surface area contributed by atoms with Crippen molar-refractivity contribution in [3.8, 4) is 0 Å². The SMILES string of the molecule is OC(COCc1cccs1)CN1CCN(Cc2ccon2)CC1. The minimum absolute atomic E-state index is 0.386. The number of nitrogens with zero attached hydrogens (tertiary/aromatic N) is 3. The molecule has 3 rings (SSSR count). The number of rotatable bonds is 8. The van der Waals surface area contributed by atoms with Gasteiger partial charge >= 0.3 is 0 Å². The smallest absolute Gasteiger partial charge is 0.124 e. The van der Waals surface area contributed by atoms with Gasteiger partial charge in [-0.3, -0.25) is 9.80 Å². The molecule has 1 atom stereocenters. The number of aliphatic hydroxyl groups is 1. The van der Waals surface area contributed by atoms with E-state index in [9.17, 15) is 5.11 Å². The molecule has 1 unspecified atom stereocenters. The van der Waals surface area contributed by atoms with Gasteiger partial charge in [0.15, 0.2) is 0 Å². The van der Waals surface area contributed by atoms with Gasteiger partial charge in [0.25, 0.3) is 0 Å². The van der Waals surface area contributed by atoms with E-state index in [4.69, 9.17) is 9.26 Å². The van der Waals surface area contributed by atoms with Crippen LogP contribution in [0.2, 0.25) is 0 Å². The third-order valence-electron chi connectivity index (χ3n) is 3.95. The number of ether oxygens (including phenoxy) is 1. The largest absolute Gasteiger partial charge is 0.389 e. The molecule has 1 fully saturated rings. The number of piperazine rings is 1. The average molecular weight is 337 g/mol. The maximum atomic E-state index is 10.1. The van der Waals surface area contributed by atoms with E-state index >= 15 is 0 Å². The quantitative estimate of drug-likeness (QED) is 0.786. The molecule has 6 nitrogen and oxygen atoms in total. The second kappa shape index (κ2) is 8.56. The highest BCUT2D eigenvalue weighted by molar-refractivity contribution is 7.09. The highest BCUT2D eigenvalue weighted by Crippen LogP contribution is 2.10. The minimum Gasteiger partial charge on any atom is -0.389 e. The van der Waals surface area contributed by atoms with Crippen LogP contribution in [0.15, 0.2) is 34.4 Å². The molecule has 0 saturated carbocycles. The van der Waals surface area contributed by atoms with Crippen molar-refractivity contribution >= 4 is 11.3 Å². The monoisotopic (exact) mass is 337 g/mol. The number of β-amino-alcohol motifs (C(OH)–C–C–N with tert-alkyl or cyclic N) is 1. The molecule has 0 aliphatic carbocycles. The summed E-state index contributed by atoms with van der Waals surface area (Å²) in [6, 6.07) is 5.96. The summed E-state index contributed by atoms with van der Waals surface area (Å²) >= 11 is 1.68. The van der Waals surface area contributed by atoms with Crippen LogP contribution < -0.4 is 0 Å². The van der Waals surface area contributed by atoms with E-state index in [1.165, 1.54) is 4.88 Å². The summed E-state index contributed by atoms with van der Waals surface area (Å²) in [5.41, 5.74) is 0.973. The molecule has 1 saturated heterocycles. The van der Waals surface area contributed by atoms with Crippen molar-refractivity contribution in [3.63, 3.8) is 0 Å². The van der Waals surface area contributed by atoms with Gasteiger partial charge in [-0.05, 0) is 11.4 Å². The van der Waals surface area contributed by atoms with E-state index in [2.05, 4.69) is 15.0 Å². The molecule has 0 bridgehead atoms. The molecule has 2 aromatic rings. The molecule has 1 aliphatic heterocycles. The number of thiophene rings is 1. The average Bonchev–Trinajstić information content (AvgIpc) is 3.23. The van der Waals surface area contributed by atoms with E-state index in [1.807, 2.05) is 23.6 Å². The van der Waals surface area contributed by atoms with Gasteiger partial charge in [0.05, 0.1) is 25.0 Å². The van der Waals surface area contributed by atoms with Crippen LogP contribution in [0.25, 0.3) is 0 Å². The highest BCUT2D eigenvalue weighted by Gasteiger charge is 2.20. The van der Waals surface area contributed by atoms with Gasteiger partial charge in [0.2, 0.25) is 0 Å². The first-order valence-electron chi connectivity index (χ1n) is 7.92. The summed E-state index contributed by atoms with van der Waals surface area (Å²) in [4.78, 5) is 5.84. The predicted molar refractivity (Wildman–Crippen MR) is 88.2 cm³/mol. The summed E-state index contributed by atoms with van der Waals surface area (Å²) in [7, 11) is 0. The third-order valence-corrected chi connectivity index (χ3v) is 4.80. The Hall–Kier alpha value is -1.25.